The van der Waals surface area contributed by atoms with Crippen LogP contribution in [0, 0.1) is 11.8 Å². The summed E-state index contributed by atoms with van der Waals surface area (Å²) in [6.45, 7) is 8.45. The SMILES string of the molecule is CC(C)CN1CCC(CNC(=O)c2cccc(-c3ccsc3C(N)=O)c2)C1. The van der Waals surface area contributed by atoms with Gasteiger partial charge in [0.25, 0.3) is 11.8 Å². The van der Waals surface area contributed by atoms with Gasteiger partial charge < -0.3 is 16.0 Å². The molecule has 27 heavy (non-hydrogen) atoms. The van der Waals surface area contributed by atoms with Gasteiger partial charge in [-0.05, 0) is 53.9 Å². The molecule has 3 rings (SSSR count). The van der Waals surface area contributed by atoms with Crippen LogP contribution in [0.4, 0.5) is 0 Å². The van der Waals surface area contributed by atoms with E-state index in [9.17, 15) is 9.59 Å². The van der Waals surface area contributed by atoms with Gasteiger partial charge in [0.05, 0.1) is 4.88 Å². The summed E-state index contributed by atoms with van der Waals surface area (Å²) in [5, 5.41) is 4.91. The van der Waals surface area contributed by atoms with Crippen LogP contribution < -0.4 is 11.1 Å². The van der Waals surface area contributed by atoms with Gasteiger partial charge in [-0.1, -0.05) is 26.0 Å². The Hall–Kier alpha value is -2.18. The lowest BCUT2D eigenvalue weighted by molar-refractivity contribution is 0.0946. The molecule has 1 fully saturated rings. The fourth-order valence-corrected chi connectivity index (χ4v) is 4.43. The highest BCUT2D eigenvalue weighted by Gasteiger charge is 2.23. The molecule has 1 aromatic carbocycles. The van der Waals surface area contributed by atoms with E-state index in [2.05, 4.69) is 24.1 Å². The summed E-state index contributed by atoms with van der Waals surface area (Å²) in [5.41, 5.74) is 7.66. The molecule has 0 aliphatic carbocycles. The van der Waals surface area contributed by atoms with Crippen molar-refractivity contribution in [3.05, 3.63) is 46.2 Å². The van der Waals surface area contributed by atoms with Crippen LogP contribution in [0.1, 0.15) is 40.3 Å². The summed E-state index contributed by atoms with van der Waals surface area (Å²) >= 11 is 1.32. The standard InChI is InChI=1S/C21H27N3O2S/c1-14(2)12-24-8-6-15(13-24)11-23-21(26)17-5-3-4-16(10-17)18-7-9-27-19(18)20(22)25/h3-5,7,9-10,14-15H,6,8,11-13H2,1-2H3,(H2,22,25)(H,23,26). The average Bonchev–Trinajstić information content (AvgIpc) is 3.28. The van der Waals surface area contributed by atoms with E-state index in [1.807, 2.05) is 29.6 Å². The van der Waals surface area contributed by atoms with Crippen molar-refractivity contribution in [3.63, 3.8) is 0 Å². The minimum atomic E-state index is -0.443. The summed E-state index contributed by atoms with van der Waals surface area (Å²) < 4.78 is 0. The number of likely N-dealkylation sites (tertiary alicyclic amines) is 1. The maximum absolute atomic E-state index is 12.6. The molecular formula is C21H27N3O2S. The Morgan fingerprint density at radius 1 is 1.33 bits per heavy atom. The fraction of sp³-hybridized carbons (Fsp3) is 0.429. The molecule has 2 amide bonds. The van der Waals surface area contributed by atoms with E-state index in [-0.39, 0.29) is 5.91 Å². The molecule has 2 aromatic rings. The van der Waals surface area contributed by atoms with Crippen LogP contribution >= 0.6 is 11.3 Å². The summed E-state index contributed by atoms with van der Waals surface area (Å²) in [6, 6.07) is 9.22. The number of nitrogens with one attached hydrogen (secondary N) is 1. The van der Waals surface area contributed by atoms with Gasteiger partial charge in [0, 0.05) is 30.8 Å². The second kappa shape index (κ2) is 8.67. The lowest BCUT2D eigenvalue weighted by Gasteiger charge is -2.18. The van der Waals surface area contributed by atoms with E-state index in [0.29, 0.717) is 28.8 Å². The predicted octanol–water partition coefficient (Wildman–Crippen LogP) is 3.22. The van der Waals surface area contributed by atoms with E-state index >= 15 is 0 Å². The van der Waals surface area contributed by atoms with E-state index < -0.39 is 5.91 Å². The maximum Gasteiger partial charge on any atom is 0.259 e. The lowest BCUT2D eigenvalue weighted by Crippen LogP contribution is -2.31. The van der Waals surface area contributed by atoms with Gasteiger partial charge in [-0.2, -0.15) is 0 Å². The Balaban J connectivity index is 1.61. The van der Waals surface area contributed by atoms with Crippen molar-refractivity contribution >= 4 is 23.2 Å². The van der Waals surface area contributed by atoms with Crippen molar-refractivity contribution in [2.45, 2.75) is 20.3 Å². The molecule has 6 heteroatoms. The van der Waals surface area contributed by atoms with Crippen molar-refractivity contribution < 1.29 is 9.59 Å². The van der Waals surface area contributed by atoms with Gasteiger partial charge in [0.15, 0.2) is 0 Å². The molecule has 1 saturated heterocycles. The number of nitrogens with zero attached hydrogens (tertiary/aromatic N) is 1. The molecule has 0 bridgehead atoms. The highest BCUT2D eigenvalue weighted by atomic mass is 32.1. The number of primary amides is 1. The van der Waals surface area contributed by atoms with E-state index in [4.69, 9.17) is 5.73 Å². The normalized spacial score (nSPS) is 17.4. The zero-order chi connectivity index (χ0) is 19.4. The molecule has 3 N–H and O–H groups in total. The summed E-state index contributed by atoms with van der Waals surface area (Å²) in [7, 11) is 0. The number of benzene rings is 1. The zero-order valence-corrected chi connectivity index (χ0v) is 16.7. The van der Waals surface area contributed by atoms with Crippen LogP contribution in [0.3, 0.4) is 0 Å². The minimum absolute atomic E-state index is 0.0741. The van der Waals surface area contributed by atoms with Gasteiger partial charge in [-0.15, -0.1) is 11.3 Å². The van der Waals surface area contributed by atoms with Crippen molar-refractivity contribution in [1.29, 1.82) is 0 Å². The molecule has 1 aromatic heterocycles. The van der Waals surface area contributed by atoms with Crippen LogP contribution in [-0.4, -0.2) is 42.9 Å². The molecule has 1 aliphatic heterocycles. The van der Waals surface area contributed by atoms with E-state index in [1.54, 1.807) is 6.07 Å². The first-order valence-electron chi connectivity index (χ1n) is 9.42. The summed E-state index contributed by atoms with van der Waals surface area (Å²) in [6.07, 6.45) is 1.13. The topological polar surface area (TPSA) is 75.4 Å². The molecule has 0 spiro atoms. The monoisotopic (exact) mass is 385 g/mol. The van der Waals surface area contributed by atoms with E-state index in [1.165, 1.54) is 11.3 Å². The quantitative estimate of drug-likeness (QED) is 0.768. The number of carbonyl (C=O) groups excluding carboxylic acids is 2. The average molecular weight is 386 g/mol. The lowest BCUT2D eigenvalue weighted by atomic mass is 10.0. The van der Waals surface area contributed by atoms with Crippen LogP contribution in [0.15, 0.2) is 35.7 Å². The highest BCUT2D eigenvalue weighted by Crippen LogP contribution is 2.28. The summed E-state index contributed by atoms with van der Waals surface area (Å²) in [5.74, 6) is 0.662. The Bertz CT molecular complexity index is 815. The molecule has 0 radical (unpaired) electrons. The van der Waals surface area contributed by atoms with Crippen molar-refractivity contribution in [2.24, 2.45) is 17.6 Å². The summed E-state index contributed by atoms with van der Waals surface area (Å²) in [4.78, 5) is 27.1. The number of hydrogen-bond acceptors (Lipinski definition) is 4. The molecule has 1 aliphatic rings. The Labute approximate surface area is 164 Å². The number of nitrogens with two attached hydrogens (primary N) is 1. The van der Waals surface area contributed by atoms with Crippen LogP contribution in [-0.2, 0) is 0 Å². The number of rotatable bonds is 7. The number of thiophene rings is 1. The number of amides is 2. The predicted molar refractivity (Wildman–Crippen MR) is 110 cm³/mol. The third-order valence-electron chi connectivity index (χ3n) is 4.87. The van der Waals surface area contributed by atoms with Gasteiger partial charge in [-0.25, -0.2) is 0 Å². The first kappa shape index (κ1) is 19.6. The second-order valence-corrected chi connectivity index (χ2v) is 8.54. The largest absolute Gasteiger partial charge is 0.365 e. The van der Waals surface area contributed by atoms with Crippen LogP contribution in [0.5, 0.6) is 0 Å². The van der Waals surface area contributed by atoms with Gasteiger partial charge in [-0.3, -0.25) is 9.59 Å². The Morgan fingerprint density at radius 3 is 2.89 bits per heavy atom. The van der Waals surface area contributed by atoms with Crippen molar-refractivity contribution in [3.8, 4) is 11.1 Å². The molecule has 0 saturated carbocycles. The molecular weight excluding hydrogens is 358 g/mol. The maximum atomic E-state index is 12.6. The molecule has 144 valence electrons. The zero-order valence-electron chi connectivity index (χ0n) is 15.9. The smallest absolute Gasteiger partial charge is 0.259 e. The first-order valence-corrected chi connectivity index (χ1v) is 10.3. The van der Waals surface area contributed by atoms with Crippen molar-refractivity contribution in [2.75, 3.05) is 26.2 Å². The molecule has 1 unspecified atom stereocenters. The van der Waals surface area contributed by atoms with Gasteiger partial charge in [0.2, 0.25) is 0 Å². The van der Waals surface area contributed by atoms with Gasteiger partial charge in [0.1, 0.15) is 0 Å². The second-order valence-electron chi connectivity index (χ2n) is 7.63. The van der Waals surface area contributed by atoms with Crippen LogP contribution in [0.25, 0.3) is 11.1 Å². The third kappa shape index (κ3) is 4.96. The first-order chi connectivity index (χ1) is 12.9. The van der Waals surface area contributed by atoms with Crippen molar-refractivity contribution in [1.82, 2.24) is 10.2 Å². The minimum Gasteiger partial charge on any atom is -0.365 e. The Kier molecular flexibility index (Phi) is 6.29. The molecule has 1 atom stereocenters. The Morgan fingerprint density at radius 2 is 2.15 bits per heavy atom. The fourth-order valence-electron chi connectivity index (χ4n) is 3.66. The van der Waals surface area contributed by atoms with E-state index in [0.717, 1.165) is 37.2 Å². The molecule has 2 heterocycles. The van der Waals surface area contributed by atoms with Gasteiger partial charge >= 0.3 is 0 Å². The number of carbonyl (C=O) groups is 2. The highest BCUT2D eigenvalue weighted by molar-refractivity contribution is 7.12. The third-order valence-corrected chi connectivity index (χ3v) is 5.80. The molecule has 5 nitrogen and oxygen atoms in total. The number of hydrogen-bond donors (Lipinski definition) is 2. The van der Waals surface area contributed by atoms with Crippen LogP contribution in [0.2, 0.25) is 0 Å².